The quantitative estimate of drug-likeness (QED) is 0.534. The summed E-state index contributed by atoms with van der Waals surface area (Å²) in [5.74, 6) is 0.863. The molecular weight excluding hydrogens is 396 g/mol. The Morgan fingerprint density at radius 1 is 1.08 bits per heavy atom. The number of methoxy groups -OCH3 is 1. The van der Waals surface area contributed by atoms with Gasteiger partial charge in [0.15, 0.2) is 0 Å². The van der Waals surface area contributed by atoms with Crippen LogP contribution in [0, 0.1) is 0 Å². The van der Waals surface area contributed by atoms with Gasteiger partial charge in [0, 0.05) is 15.8 Å². The molecule has 3 nitrogen and oxygen atoms in total. The van der Waals surface area contributed by atoms with Crippen molar-refractivity contribution in [2.75, 3.05) is 12.1 Å². The Morgan fingerprint density at radius 2 is 1.84 bits per heavy atom. The van der Waals surface area contributed by atoms with E-state index in [0.717, 1.165) is 33.6 Å². The molecule has 0 amide bonds. The largest absolute Gasteiger partial charge is 0.497 e. The van der Waals surface area contributed by atoms with E-state index in [1.807, 2.05) is 12.1 Å². The molecule has 2 aromatic carbocycles. The second-order valence-electron chi connectivity index (χ2n) is 5.83. The van der Waals surface area contributed by atoms with Crippen molar-refractivity contribution in [1.29, 1.82) is 0 Å². The van der Waals surface area contributed by atoms with E-state index >= 15 is 0 Å². The Balaban J connectivity index is 1.71. The molecule has 0 saturated heterocycles. The van der Waals surface area contributed by atoms with Gasteiger partial charge < -0.3 is 4.74 Å². The maximum atomic E-state index is 5.26. The van der Waals surface area contributed by atoms with Crippen molar-refractivity contribution in [1.82, 2.24) is 0 Å². The van der Waals surface area contributed by atoms with E-state index in [2.05, 4.69) is 74.8 Å². The fourth-order valence-corrected chi connectivity index (χ4v) is 4.08. The zero-order valence-electron chi connectivity index (χ0n) is 13.7. The predicted octanol–water partition coefficient (Wildman–Crippen LogP) is 5.87. The van der Waals surface area contributed by atoms with Gasteiger partial charge in [-0.1, -0.05) is 22.0 Å². The second kappa shape index (κ2) is 7.02. The number of anilines is 1. The van der Waals surface area contributed by atoms with E-state index in [4.69, 9.17) is 9.84 Å². The summed E-state index contributed by atoms with van der Waals surface area (Å²) in [7, 11) is 1.68. The summed E-state index contributed by atoms with van der Waals surface area (Å²) in [6.45, 7) is 0. The molecule has 126 valence electrons. The van der Waals surface area contributed by atoms with Gasteiger partial charge in [0.2, 0.25) is 0 Å². The van der Waals surface area contributed by atoms with Gasteiger partial charge in [-0.25, -0.2) is 0 Å². The van der Waals surface area contributed by atoms with Crippen LogP contribution in [0.5, 0.6) is 5.75 Å². The molecule has 0 N–H and O–H groups in total. The summed E-state index contributed by atoms with van der Waals surface area (Å²) in [5.41, 5.74) is 3.34. The lowest BCUT2D eigenvalue weighted by atomic mass is 10.0. The molecular formula is C20H17BrN2OS. The lowest BCUT2D eigenvalue weighted by molar-refractivity contribution is 0.415. The number of halogens is 1. The molecule has 1 aliphatic rings. The molecule has 0 aliphatic carbocycles. The Labute approximate surface area is 159 Å². The first-order valence-corrected chi connectivity index (χ1v) is 9.72. The molecule has 25 heavy (non-hydrogen) atoms. The summed E-state index contributed by atoms with van der Waals surface area (Å²) < 4.78 is 6.33. The molecule has 0 saturated carbocycles. The summed E-state index contributed by atoms with van der Waals surface area (Å²) in [4.78, 5) is 1.33. The van der Waals surface area contributed by atoms with Crippen LogP contribution in [0.2, 0.25) is 0 Å². The molecule has 0 fully saturated rings. The molecule has 1 aromatic heterocycles. The number of hydrogen-bond acceptors (Lipinski definition) is 4. The number of nitrogens with zero attached hydrogens (tertiary/aromatic N) is 2. The highest BCUT2D eigenvalue weighted by Gasteiger charge is 2.30. The van der Waals surface area contributed by atoms with Crippen molar-refractivity contribution in [3.8, 4) is 5.75 Å². The van der Waals surface area contributed by atoms with Crippen LogP contribution in [0.4, 0.5) is 5.69 Å². The summed E-state index contributed by atoms with van der Waals surface area (Å²) in [6.07, 6.45) is 0.892. The van der Waals surface area contributed by atoms with Crippen molar-refractivity contribution < 1.29 is 4.74 Å². The Hall–Kier alpha value is -2.11. The van der Waals surface area contributed by atoms with Gasteiger partial charge in [0.25, 0.3) is 0 Å². The number of rotatable bonds is 4. The molecule has 1 unspecified atom stereocenters. The van der Waals surface area contributed by atoms with Crippen molar-refractivity contribution in [3.05, 3.63) is 81.0 Å². The minimum absolute atomic E-state index is 0.235. The van der Waals surface area contributed by atoms with Crippen LogP contribution in [0.15, 0.2) is 75.6 Å². The number of hydrogen-bond donors (Lipinski definition) is 0. The third kappa shape index (κ3) is 3.34. The van der Waals surface area contributed by atoms with Crippen molar-refractivity contribution in [3.63, 3.8) is 0 Å². The first kappa shape index (κ1) is 16.4. The average molecular weight is 413 g/mol. The van der Waals surface area contributed by atoms with Gasteiger partial charge in [-0.15, -0.1) is 11.3 Å². The fourth-order valence-electron chi connectivity index (χ4n) is 3.00. The first-order valence-electron chi connectivity index (χ1n) is 8.05. The maximum absolute atomic E-state index is 5.26. The van der Waals surface area contributed by atoms with Gasteiger partial charge in [-0.05, 0) is 65.5 Å². The standard InChI is InChI=1S/C20H17BrN2OS/c1-24-17-10-4-14(5-11-17)18-13-19(20-3-2-12-25-20)23(22-18)16-8-6-15(21)7-9-16/h2-12,19H,13H2,1H3. The predicted molar refractivity (Wildman–Crippen MR) is 108 cm³/mol. The molecule has 1 atom stereocenters. The van der Waals surface area contributed by atoms with E-state index in [1.165, 1.54) is 4.88 Å². The summed E-state index contributed by atoms with van der Waals surface area (Å²) in [6, 6.07) is 21.0. The van der Waals surface area contributed by atoms with E-state index in [-0.39, 0.29) is 6.04 Å². The Kier molecular flexibility index (Phi) is 4.59. The third-order valence-electron chi connectivity index (χ3n) is 4.30. The normalized spacial score (nSPS) is 16.8. The van der Waals surface area contributed by atoms with Gasteiger partial charge in [-0.2, -0.15) is 5.10 Å². The number of hydrazone groups is 1. The molecule has 0 bridgehead atoms. The van der Waals surface area contributed by atoms with Crippen LogP contribution in [0.1, 0.15) is 22.9 Å². The smallest absolute Gasteiger partial charge is 0.118 e. The molecule has 0 spiro atoms. The van der Waals surface area contributed by atoms with E-state index < -0.39 is 0 Å². The Bertz CT molecular complexity index is 873. The zero-order chi connectivity index (χ0) is 17.2. The van der Waals surface area contributed by atoms with Gasteiger partial charge in [-0.3, -0.25) is 5.01 Å². The molecule has 5 heteroatoms. The number of ether oxygens (including phenoxy) is 1. The lowest BCUT2D eigenvalue weighted by Crippen LogP contribution is -2.17. The summed E-state index contributed by atoms with van der Waals surface area (Å²) >= 11 is 5.29. The van der Waals surface area contributed by atoms with Gasteiger partial charge in [0.05, 0.1) is 24.6 Å². The fraction of sp³-hybridized carbons (Fsp3) is 0.150. The zero-order valence-corrected chi connectivity index (χ0v) is 16.1. The highest BCUT2D eigenvalue weighted by Crippen LogP contribution is 2.38. The van der Waals surface area contributed by atoms with E-state index in [1.54, 1.807) is 18.4 Å². The van der Waals surface area contributed by atoms with Gasteiger partial charge in [0.1, 0.15) is 5.75 Å². The van der Waals surface area contributed by atoms with E-state index in [0.29, 0.717) is 0 Å². The van der Waals surface area contributed by atoms with E-state index in [9.17, 15) is 0 Å². The lowest BCUT2D eigenvalue weighted by Gasteiger charge is -2.22. The molecule has 1 aliphatic heterocycles. The van der Waals surface area contributed by atoms with Crippen LogP contribution in [0.3, 0.4) is 0 Å². The molecule has 3 aromatic rings. The maximum Gasteiger partial charge on any atom is 0.118 e. The minimum atomic E-state index is 0.235. The topological polar surface area (TPSA) is 24.8 Å². The number of thiophene rings is 1. The van der Waals surface area contributed by atoms with Gasteiger partial charge >= 0.3 is 0 Å². The van der Waals surface area contributed by atoms with Crippen LogP contribution in [0.25, 0.3) is 0 Å². The van der Waals surface area contributed by atoms with Crippen molar-refractivity contribution >= 4 is 38.7 Å². The first-order chi connectivity index (χ1) is 12.2. The van der Waals surface area contributed by atoms with Crippen LogP contribution < -0.4 is 9.75 Å². The summed E-state index contributed by atoms with van der Waals surface area (Å²) in [5, 5.41) is 9.21. The molecule has 4 rings (SSSR count). The van der Waals surface area contributed by atoms with Crippen LogP contribution in [-0.4, -0.2) is 12.8 Å². The average Bonchev–Trinajstić information content (AvgIpc) is 3.32. The third-order valence-corrected chi connectivity index (χ3v) is 5.80. The molecule has 0 radical (unpaired) electrons. The van der Waals surface area contributed by atoms with Crippen molar-refractivity contribution in [2.45, 2.75) is 12.5 Å². The van der Waals surface area contributed by atoms with Crippen LogP contribution in [-0.2, 0) is 0 Å². The minimum Gasteiger partial charge on any atom is -0.497 e. The second-order valence-corrected chi connectivity index (χ2v) is 7.73. The van der Waals surface area contributed by atoms with Crippen molar-refractivity contribution in [2.24, 2.45) is 5.10 Å². The Morgan fingerprint density at radius 3 is 2.48 bits per heavy atom. The highest BCUT2D eigenvalue weighted by atomic mass is 79.9. The number of benzene rings is 2. The van der Waals surface area contributed by atoms with Crippen LogP contribution >= 0.6 is 27.3 Å². The molecule has 2 heterocycles. The SMILES string of the molecule is COc1ccc(C2=NN(c3ccc(Br)cc3)C(c3cccs3)C2)cc1. The highest BCUT2D eigenvalue weighted by molar-refractivity contribution is 9.10. The monoisotopic (exact) mass is 412 g/mol.